The molecule has 0 saturated heterocycles. The minimum atomic E-state index is -0.391. The quantitative estimate of drug-likeness (QED) is 0.720. The van der Waals surface area contributed by atoms with Crippen molar-refractivity contribution in [1.82, 2.24) is 10.2 Å². The molecular weight excluding hydrogens is 270 g/mol. The van der Waals surface area contributed by atoms with Gasteiger partial charge in [0.15, 0.2) is 0 Å². The molecule has 1 aromatic carbocycles. The molecule has 6 nitrogen and oxygen atoms in total. The van der Waals surface area contributed by atoms with Crippen molar-refractivity contribution in [3.8, 4) is 0 Å². The number of esters is 1. The van der Waals surface area contributed by atoms with Crippen molar-refractivity contribution >= 4 is 22.6 Å². The number of H-pyrrole nitrogens is 1. The number of carbonyl (C=O) groups excluding carboxylic acids is 1. The van der Waals surface area contributed by atoms with Crippen molar-refractivity contribution in [3.63, 3.8) is 0 Å². The molecule has 3 aromatic rings. The number of aromatic amines is 1. The van der Waals surface area contributed by atoms with E-state index in [4.69, 9.17) is 9.15 Å². The number of nitrogens with one attached hydrogen (secondary N) is 2. The monoisotopic (exact) mass is 285 g/mol. The lowest BCUT2D eigenvalue weighted by Gasteiger charge is -2.05. The maximum Gasteiger partial charge on any atom is 0.341 e. The SMILES string of the molecule is COC(=O)c1cc(CNc2cccc3cn[nH]c23)oc1C. The van der Waals surface area contributed by atoms with Crippen LogP contribution in [0, 0.1) is 6.92 Å². The van der Waals surface area contributed by atoms with Gasteiger partial charge in [-0.2, -0.15) is 5.10 Å². The number of furan rings is 1. The van der Waals surface area contributed by atoms with Crippen LogP contribution in [0.5, 0.6) is 0 Å². The van der Waals surface area contributed by atoms with Gasteiger partial charge in [-0.15, -0.1) is 0 Å². The fraction of sp³-hybridized carbons (Fsp3) is 0.200. The lowest BCUT2D eigenvalue weighted by molar-refractivity contribution is 0.0599. The number of carbonyl (C=O) groups is 1. The van der Waals surface area contributed by atoms with Crippen molar-refractivity contribution in [1.29, 1.82) is 0 Å². The number of aromatic nitrogens is 2. The van der Waals surface area contributed by atoms with Gasteiger partial charge in [0.1, 0.15) is 17.1 Å². The number of para-hydroxylation sites is 1. The molecule has 3 rings (SSSR count). The third-order valence-electron chi connectivity index (χ3n) is 3.30. The van der Waals surface area contributed by atoms with Crippen LogP contribution in [-0.4, -0.2) is 23.3 Å². The van der Waals surface area contributed by atoms with E-state index in [0.717, 1.165) is 16.6 Å². The minimum Gasteiger partial charge on any atom is -0.465 e. The minimum absolute atomic E-state index is 0.391. The van der Waals surface area contributed by atoms with Gasteiger partial charge in [0.05, 0.1) is 31.1 Å². The van der Waals surface area contributed by atoms with Gasteiger partial charge in [0.2, 0.25) is 0 Å². The Morgan fingerprint density at radius 3 is 3.14 bits per heavy atom. The molecule has 0 saturated carbocycles. The Hall–Kier alpha value is -2.76. The van der Waals surface area contributed by atoms with Gasteiger partial charge >= 0.3 is 5.97 Å². The molecule has 2 heterocycles. The Balaban J connectivity index is 1.79. The van der Waals surface area contributed by atoms with E-state index in [1.54, 1.807) is 19.2 Å². The van der Waals surface area contributed by atoms with Crippen molar-refractivity contribution < 1.29 is 13.9 Å². The number of aryl methyl sites for hydroxylation is 1. The van der Waals surface area contributed by atoms with E-state index in [9.17, 15) is 4.79 Å². The molecule has 108 valence electrons. The summed E-state index contributed by atoms with van der Waals surface area (Å²) in [7, 11) is 1.35. The van der Waals surface area contributed by atoms with Gasteiger partial charge in [0.25, 0.3) is 0 Å². The van der Waals surface area contributed by atoms with Crippen LogP contribution in [0.1, 0.15) is 21.9 Å². The topological polar surface area (TPSA) is 80.1 Å². The van der Waals surface area contributed by atoms with Crippen LogP contribution in [0.2, 0.25) is 0 Å². The van der Waals surface area contributed by atoms with E-state index in [2.05, 4.69) is 15.5 Å². The lowest BCUT2D eigenvalue weighted by Crippen LogP contribution is -2.01. The summed E-state index contributed by atoms with van der Waals surface area (Å²) in [5, 5.41) is 11.3. The van der Waals surface area contributed by atoms with Gasteiger partial charge in [-0.3, -0.25) is 5.10 Å². The summed E-state index contributed by atoms with van der Waals surface area (Å²) in [5.41, 5.74) is 2.32. The second-order valence-electron chi connectivity index (χ2n) is 4.67. The largest absolute Gasteiger partial charge is 0.465 e. The highest BCUT2D eigenvalue weighted by molar-refractivity contribution is 5.91. The van der Waals surface area contributed by atoms with Crippen molar-refractivity contribution in [3.05, 3.63) is 47.5 Å². The lowest BCUT2D eigenvalue weighted by atomic mass is 10.2. The summed E-state index contributed by atoms with van der Waals surface area (Å²) >= 11 is 0. The number of hydrogen-bond donors (Lipinski definition) is 2. The highest BCUT2D eigenvalue weighted by Crippen LogP contribution is 2.22. The molecule has 0 fully saturated rings. The van der Waals surface area contributed by atoms with Crippen LogP contribution in [0.3, 0.4) is 0 Å². The maximum absolute atomic E-state index is 11.5. The first kappa shape index (κ1) is 13.2. The van der Waals surface area contributed by atoms with Crippen molar-refractivity contribution in [2.45, 2.75) is 13.5 Å². The summed E-state index contributed by atoms with van der Waals surface area (Å²) in [6.45, 7) is 2.21. The van der Waals surface area contributed by atoms with Crippen LogP contribution in [-0.2, 0) is 11.3 Å². The normalized spacial score (nSPS) is 10.8. The van der Waals surface area contributed by atoms with Crippen LogP contribution >= 0.6 is 0 Å². The second-order valence-corrected chi connectivity index (χ2v) is 4.67. The summed E-state index contributed by atoms with van der Waals surface area (Å²) in [4.78, 5) is 11.5. The van der Waals surface area contributed by atoms with E-state index in [1.807, 2.05) is 18.2 Å². The molecule has 6 heteroatoms. The zero-order valence-electron chi connectivity index (χ0n) is 11.8. The summed E-state index contributed by atoms with van der Waals surface area (Å²) in [5.74, 6) is 0.834. The summed E-state index contributed by atoms with van der Waals surface area (Å²) in [6, 6.07) is 7.59. The Bertz CT molecular complexity index is 788. The van der Waals surface area contributed by atoms with Gasteiger partial charge in [-0.05, 0) is 19.1 Å². The second kappa shape index (κ2) is 5.32. The number of anilines is 1. The predicted molar refractivity (Wildman–Crippen MR) is 78.2 cm³/mol. The zero-order chi connectivity index (χ0) is 14.8. The third-order valence-corrected chi connectivity index (χ3v) is 3.30. The molecule has 0 aliphatic carbocycles. The number of methoxy groups -OCH3 is 1. The Morgan fingerprint density at radius 1 is 1.48 bits per heavy atom. The number of fused-ring (bicyclic) bond motifs is 1. The highest BCUT2D eigenvalue weighted by Gasteiger charge is 2.15. The van der Waals surface area contributed by atoms with E-state index >= 15 is 0 Å². The molecule has 0 amide bonds. The van der Waals surface area contributed by atoms with E-state index in [1.165, 1.54) is 7.11 Å². The van der Waals surface area contributed by atoms with E-state index in [-0.39, 0.29) is 0 Å². The molecule has 2 aromatic heterocycles. The van der Waals surface area contributed by atoms with Gasteiger partial charge in [0, 0.05) is 5.39 Å². The fourth-order valence-electron chi connectivity index (χ4n) is 2.24. The smallest absolute Gasteiger partial charge is 0.341 e. The summed E-state index contributed by atoms with van der Waals surface area (Å²) in [6.07, 6.45) is 1.77. The van der Waals surface area contributed by atoms with Crippen LogP contribution in [0.25, 0.3) is 10.9 Å². The molecule has 21 heavy (non-hydrogen) atoms. The maximum atomic E-state index is 11.5. The Kier molecular flexibility index (Phi) is 3.35. The van der Waals surface area contributed by atoms with E-state index in [0.29, 0.717) is 23.6 Å². The molecule has 2 N–H and O–H groups in total. The van der Waals surface area contributed by atoms with Crippen molar-refractivity contribution in [2.75, 3.05) is 12.4 Å². The first-order valence-electron chi connectivity index (χ1n) is 6.52. The molecule has 0 bridgehead atoms. The molecule has 0 spiro atoms. The fourth-order valence-corrected chi connectivity index (χ4v) is 2.24. The average Bonchev–Trinajstić information content (AvgIpc) is 3.10. The van der Waals surface area contributed by atoms with Crippen molar-refractivity contribution in [2.24, 2.45) is 0 Å². The first-order valence-corrected chi connectivity index (χ1v) is 6.52. The molecule has 0 unspecified atom stereocenters. The number of hydrogen-bond acceptors (Lipinski definition) is 5. The molecular formula is C15H15N3O3. The Labute approximate surface area is 121 Å². The van der Waals surface area contributed by atoms with Crippen LogP contribution in [0.15, 0.2) is 34.9 Å². The van der Waals surface area contributed by atoms with E-state index < -0.39 is 5.97 Å². The number of ether oxygens (including phenoxy) is 1. The molecule has 0 aliphatic heterocycles. The Morgan fingerprint density at radius 2 is 2.33 bits per heavy atom. The number of nitrogens with zero attached hydrogens (tertiary/aromatic N) is 1. The van der Waals surface area contributed by atoms with Gasteiger partial charge in [-0.1, -0.05) is 12.1 Å². The molecule has 0 atom stereocenters. The van der Waals surface area contributed by atoms with Gasteiger partial charge in [-0.25, -0.2) is 4.79 Å². The third kappa shape index (κ3) is 2.47. The predicted octanol–water partition coefficient (Wildman–Crippen LogP) is 2.86. The standard InChI is InChI=1S/C15H15N3O3/c1-9-12(15(19)20-2)6-11(21-9)8-16-13-5-3-4-10-7-17-18-14(10)13/h3-7,16H,8H2,1-2H3,(H,17,18). The van der Waals surface area contributed by atoms with Crippen LogP contribution in [0.4, 0.5) is 5.69 Å². The molecule has 0 aliphatic rings. The number of rotatable bonds is 4. The molecule has 0 radical (unpaired) electrons. The highest BCUT2D eigenvalue weighted by atomic mass is 16.5. The summed E-state index contributed by atoms with van der Waals surface area (Å²) < 4.78 is 10.3. The van der Waals surface area contributed by atoms with Crippen LogP contribution < -0.4 is 5.32 Å². The first-order chi connectivity index (χ1) is 10.2. The number of benzene rings is 1. The zero-order valence-corrected chi connectivity index (χ0v) is 11.8. The van der Waals surface area contributed by atoms with Gasteiger partial charge < -0.3 is 14.5 Å². The average molecular weight is 285 g/mol.